The highest BCUT2D eigenvalue weighted by molar-refractivity contribution is 6.35. The van der Waals surface area contributed by atoms with Gasteiger partial charge in [-0.05, 0) is 50.2 Å². The van der Waals surface area contributed by atoms with Crippen molar-refractivity contribution in [1.82, 2.24) is 20.8 Å². The fourth-order valence-electron chi connectivity index (χ4n) is 5.16. The summed E-state index contributed by atoms with van der Waals surface area (Å²) in [4.78, 5) is 10.3. The van der Waals surface area contributed by atoms with Crippen LogP contribution >= 0.6 is 23.2 Å². The van der Waals surface area contributed by atoms with E-state index >= 15 is 0 Å². The minimum atomic E-state index is -0.748. The van der Waals surface area contributed by atoms with Gasteiger partial charge in [-0.1, -0.05) is 23.2 Å². The lowest BCUT2D eigenvalue weighted by Gasteiger charge is -2.35. The van der Waals surface area contributed by atoms with Crippen molar-refractivity contribution in [2.75, 3.05) is 18.0 Å². The van der Waals surface area contributed by atoms with E-state index in [1.54, 1.807) is 0 Å². The van der Waals surface area contributed by atoms with Gasteiger partial charge in [0.1, 0.15) is 16.9 Å². The van der Waals surface area contributed by atoms with E-state index in [0.717, 1.165) is 50.2 Å². The molecule has 1 saturated carbocycles. The Bertz CT molecular complexity index is 1090. The van der Waals surface area contributed by atoms with Crippen molar-refractivity contribution >= 4 is 29.0 Å². The van der Waals surface area contributed by atoms with E-state index in [0.29, 0.717) is 22.2 Å². The lowest BCUT2D eigenvalue weighted by molar-refractivity contribution is -0.0371. The number of rotatable bonds is 5. The van der Waals surface area contributed by atoms with Crippen LogP contribution in [0.2, 0.25) is 10.0 Å². The summed E-state index contributed by atoms with van der Waals surface area (Å²) in [6.45, 7) is 3.72. The number of nitrogens with zero attached hydrogens (tertiary/aromatic N) is 4. The monoisotopic (exact) mass is 490 g/mol. The van der Waals surface area contributed by atoms with Crippen molar-refractivity contribution in [3.63, 3.8) is 0 Å². The molecule has 2 N–H and O–H groups in total. The van der Waals surface area contributed by atoms with E-state index in [1.807, 2.05) is 19.2 Å². The van der Waals surface area contributed by atoms with Crippen LogP contribution in [0.5, 0.6) is 0 Å². The highest BCUT2D eigenvalue weighted by Crippen LogP contribution is 2.42. The van der Waals surface area contributed by atoms with Gasteiger partial charge in [-0.15, -0.1) is 0 Å². The van der Waals surface area contributed by atoms with Crippen LogP contribution in [-0.2, 0) is 4.74 Å². The molecule has 1 aliphatic carbocycles. The second-order valence-corrected chi connectivity index (χ2v) is 9.75. The van der Waals surface area contributed by atoms with E-state index < -0.39 is 12.1 Å². The molecule has 2 aromatic rings. The van der Waals surface area contributed by atoms with Crippen molar-refractivity contribution in [2.24, 2.45) is 5.92 Å². The van der Waals surface area contributed by atoms with Gasteiger partial charge >= 0.3 is 0 Å². The number of hydrazine groups is 1. The minimum absolute atomic E-state index is 0.0206. The van der Waals surface area contributed by atoms with E-state index in [2.05, 4.69) is 31.8 Å². The Morgan fingerprint density at radius 1 is 1.24 bits per heavy atom. The molecule has 10 heteroatoms. The molecule has 33 heavy (non-hydrogen) atoms. The average molecular weight is 491 g/mol. The van der Waals surface area contributed by atoms with Gasteiger partial charge in [0.2, 0.25) is 5.95 Å². The zero-order valence-corrected chi connectivity index (χ0v) is 19.7. The number of nitriles is 1. The van der Waals surface area contributed by atoms with Gasteiger partial charge in [-0.25, -0.2) is 15.4 Å². The Kier molecular flexibility index (Phi) is 6.43. The number of halogens is 3. The maximum absolute atomic E-state index is 13.9. The molecule has 0 bridgehead atoms. The third kappa shape index (κ3) is 4.29. The molecular formula is C23H25Cl2FN6O. The van der Waals surface area contributed by atoms with Gasteiger partial charge in [0, 0.05) is 37.1 Å². The van der Waals surface area contributed by atoms with Crippen LogP contribution in [0.15, 0.2) is 18.5 Å². The summed E-state index contributed by atoms with van der Waals surface area (Å²) in [5, 5.41) is 9.87. The van der Waals surface area contributed by atoms with Gasteiger partial charge in [0.15, 0.2) is 0 Å². The molecule has 5 atom stereocenters. The van der Waals surface area contributed by atoms with E-state index in [1.165, 1.54) is 6.20 Å². The number of anilines is 1. The number of ether oxygens (including phenoxy) is 1. The Hall–Kier alpha value is -2.02. The van der Waals surface area contributed by atoms with Gasteiger partial charge in [-0.3, -0.25) is 5.43 Å². The second kappa shape index (κ2) is 9.32. The molecule has 4 unspecified atom stereocenters. The molecule has 2 aromatic heterocycles. The number of nitrogens with one attached hydrogen (secondary N) is 2. The molecule has 3 aliphatic rings. The van der Waals surface area contributed by atoms with Crippen molar-refractivity contribution in [3.8, 4) is 6.07 Å². The van der Waals surface area contributed by atoms with Crippen LogP contribution in [0.4, 0.5) is 10.2 Å². The first-order chi connectivity index (χ1) is 16.0. The Morgan fingerprint density at radius 2 is 2.06 bits per heavy atom. The molecule has 0 amide bonds. The van der Waals surface area contributed by atoms with Crippen LogP contribution in [0.3, 0.4) is 0 Å². The summed E-state index contributed by atoms with van der Waals surface area (Å²) in [6.07, 6.45) is 6.38. The summed E-state index contributed by atoms with van der Waals surface area (Å²) < 4.78 is 20.2. The van der Waals surface area contributed by atoms with E-state index in [4.69, 9.17) is 27.9 Å². The fraction of sp³-hybridized carbons (Fsp3) is 0.522. The molecular weight excluding hydrogens is 466 g/mol. The van der Waals surface area contributed by atoms with Crippen LogP contribution in [0.25, 0.3) is 0 Å². The Labute approximate surface area is 202 Å². The molecule has 0 spiro atoms. The normalized spacial score (nSPS) is 27.5. The second-order valence-electron chi connectivity index (χ2n) is 8.97. The maximum Gasteiger partial charge on any atom is 0.232 e. The van der Waals surface area contributed by atoms with Crippen LogP contribution in [0.1, 0.15) is 61.4 Å². The van der Waals surface area contributed by atoms with Gasteiger partial charge in [-0.2, -0.15) is 9.65 Å². The number of hydrogen-bond acceptors (Lipinski definition) is 7. The largest absolute Gasteiger partial charge is 0.370 e. The van der Waals surface area contributed by atoms with Crippen molar-refractivity contribution in [3.05, 3.63) is 51.1 Å². The van der Waals surface area contributed by atoms with Gasteiger partial charge in [0.25, 0.3) is 0 Å². The van der Waals surface area contributed by atoms with Crippen LogP contribution in [0, 0.1) is 23.2 Å². The standard InChI is InChI=1S/C23H25Cl2FN6O/c1-12(19-17(24)11-28-22(26)20(19)25)33-15-3-4-18-16(8-15)21(31-30-18)14-7-13(9-27)23(29-10-14)32-5-2-6-32/h7,10-12,15-16,18,21,30-31H,2-6,8H2,1H3/t12-,15?,16?,18?,21?/m1/s1. The van der Waals surface area contributed by atoms with Crippen molar-refractivity contribution in [2.45, 2.75) is 56.9 Å². The lowest BCUT2D eigenvalue weighted by Crippen LogP contribution is -2.38. The average Bonchev–Trinajstić information content (AvgIpc) is 3.19. The van der Waals surface area contributed by atoms with Crippen molar-refractivity contribution in [1.29, 1.82) is 5.26 Å². The lowest BCUT2D eigenvalue weighted by atomic mass is 9.78. The molecule has 3 fully saturated rings. The Balaban J connectivity index is 1.32. The summed E-state index contributed by atoms with van der Waals surface area (Å²) in [7, 11) is 0. The van der Waals surface area contributed by atoms with Crippen LogP contribution in [-0.4, -0.2) is 35.2 Å². The molecule has 174 valence electrons. The summed E-state index contributed by atoms with van der Waals surface area (Å²) in [6, 6.07) is 4.59. The first-order valence-electron chi connectivity index (χ1n) is 11.3. The summed E-state index contributed by atoms with van der Waals surface area (Å²) >= 11 is 12.4. The maximum atomic E-state index is 13.9. The van der Waals surface area contributed by atoms with Gasteiger partial charge < -0.3 is 9.64 Å². The topological polar surface area (TPSA) is 86.1 Å². The van der Waals surface area contributed by atoms with E-state index in [-0.39, 0.29) is 23.1 Å². The smallest absolute Gasteiger partial charge is 0.232 e. The molecule has 7 nitrogen and oxygen atoms in total. The zero-order valence-electron chi connectivity index (χ0n) is 18.2. The fourth-order valence-corrected chi connectivity index (χ4v) is 5.81. The molecule has 2 saturated heterocycles. The Morgan fingerprint density at radius 3 is 2.79 bits per heavy atom. The molecule has 0 radical (unpaired) electrons. The minimum Gasteiger partial charge on any atom is -0.370 e. The first kappa shape index (κ1) is 22.8. The van der Waals surface area contributed by atoms with E-state index in [9.17, 15) is 9.65 Å². The number of aromatic nitrogens is 2. The first-order valence-corrected chi connectivity index (χ1v) is 12.0. The highest BCUT2D eigenvalue weighted by Gasteiger charge is 2.42. The number of pyridine rings is 2. The van der Waals surface area contributed by atoms with Gasteiger partial charge in [0.05, 0.1) is 28.8 Å². The number of hydrogen-bond donors (Lipinski definition) is 2. The molecule has 5 rings (SSSR count). The number of fused-ring (bicyclic) bond motifs is 1. The third-order valence-corrected chi connectivity index (χ3v) is 7.66. The molecule has 0 aromatic carbocycles. The predicted octanol–water partition coefficient (Wildman–Crippen LogP) is 4.47. The quantitative estimate of drug-likeness (QED) is 0.597. The molecule has 2 aliphatic heterocycles. The van der Waals surface area contributed by atoms with Crippen molar-refractivity contribution < 1.29 is 9.13 Å². The third-order valence-electron chi connectivity index (χ3n) is 7.00. The zero-order chi connectivity index (χ0) is 23.1. The SMILES string of the molecule is C[C@@H](OC1CCC2NNC(c3cnc(N4CCC4)c(C#N)c3)C2C1)c1c(Cl)cnc(F)c1Cl. The predicted molar refractivity (Wildman–Crippen MR) is 123 cm³/mol. The summed E-state index contributed by atoms with van der Waals surface area (Å²) in [5.74, 6) is 0.285. The molecule has 4 heterocycles. The highest BCUT2D eigenvalue weighted by atomic mass is 35.5. The van der Waals surface area contributed by atoms with Crippen LogP contribution < -0.4 is 15.8 Å². The summed E-state index contributed by atoms with van der Waals surface area (Å²) in [5.41, 5.74) is 8.84.